The second-order valence-corrected chi connectivity index (χ2v) is 11.0. The number of nitrogens with two attached hydrogens (primary N) is 1. The summed E-state index contributed by atoms with van der Waals surface area (Å²) in [6, 6.07) is 33.0. The number of benzene rings is 4. The fraction of sp³-hybridized carbons (Fsp3) is 0.0488. The van der Waals surface area contributed by atoms with E-state index in [-0.39, 0.29) is 0 Å². The van der Waals surface area contributed by atoms with E-state index in [0.29, 0.717) is 12.2 Å². The van der Waals surface area contributed by atoms with Crippen LogP contribution in [0.15, 0.2) is 170 Å². The maximum Gasteiger partial charge on any atom is 0.189 e. The van der Waals surface area contributed by atoms with Crippen molar-refractivity contribution in [1.29, 1.82) is 5.26 Å². The zero-order chi connectivity index (χ0) is 31.2. The van der Waals surface area contributed by atoms with Crippen LogP contribution in [0.1, 0.15) is 16.7 Å². The van der Waals surface area contributed by atoms with E-state index in [9.17, 15) is 5.26 Å². The minimum atomic E-state index is 0.586. The first-order chi connectivity index (χ1) is 22.0. The van der Waals surface area contributed by atoms with Gasteiger partial charge < -0.3 is 10.6 Å². The predicted octanol–water partition coefficient (Wildman–Crippen LogP) is 9.31. The molecule has 0 saturated carbocycles. The fourth-order valence-electron chi connectivity index (χ4n) is 5.60. The molecule has 0 atom stereocenters. The van der Waals surface area contributed by atoms with Gasteiger partial charge in [-0.05, 0) is 88.4 Å². The Bertz CT molecular complexity index is 2110. The van der Waals surface area contributed by atoms with Crippen LogP contribution in [0, 0.1) is 11.5 Å². The Morgan fingerprint density at radius 1 is 0.844 bits per heavy atom. The van der Waals surface area contributed by atoms with E-state index >= 15 is 0 Å². The number of anilines is 1. The molecule has 0 radical (unpaired) electrons. The van der Waals surface area contributed by atoms with E-state index in [0.717, 1.165) is 61.8 Å². The van der Waals surface area contributed by atoms with Gasteiger partial charge in [0.2, 0.25) is 0 Å². The highest BCUT2D eigenvalue weighted by Gasteiger charge is 2.15. The highest BCUT2D eigenvalue weighted by molar-refractivity contribution is 6.09. The largest absolute Gasteiger partial charge is 0.398 e. The van der Waals surface area contributed by atoms with E-state index in [2.05, 4.69) is 97.2 Å². The molecule has 4 heteroatoms. The Labute approximate surface area is 264 Å². The molecule has 1 aliphatic rings. The molecule has 1 aromatic heterocycles. The van der Waals surface area contributed by atoms with Crippen molar-refractivity contribution < 1.29 is 0 Å². The van der Waals surface area contributed by atoms with Gasteiger partial charge in [0, 0.05) is 34.9 Å². The fourth-order valence-corrected chi connectivity index (χ4v) is 5.60. The minimum Gasteiger partial charge on any atom is -0.398 e. The van der Waals surface area contributed by atoms with Crippen molar-refractivity contribution in [2.45, 2.75) is 6.42 Å². The third-order valence-electron chi connectivity index (χ3n) is 8.04. The zero-order valence-electron chi connectivity index (χ0n) is 25.1. The van der Waals surface area contributed by atoms with Crippen LogP contribution >= 0.6 is 0 Å². The second-order valence-electron chi connectivity index (χ2n) is 11.0. The number of allylic oxidation sites excluding steroid dienone is 9. The number of hydrogen-bond acceptors (Lipinski definition) is 3. The molecular weight excluding hydrogens is 548 g/mol. The van der Waals surface area contributed by atoms with Crippen molar-refractivity contribution in [2.75, 3.05) is 11.4 Å². The van der Waals surface area contributed by atoms with E-state index in [1.165, 1.54) is 5.56 Å². The number of hydrogen-bond donors (Lipinski definition) is 1. The summed E-state index contributed by atoms with van der Waals surface area (Å²) in [5, 5.41) is 12.0. The summed E-state index contributed by atoms with van der Waals surface area (Å²) in [5.41, 5.74) is 16.1. The van der Waals surface area contributed by atoms with Gasteiger partial charge in [-0.3, -0.25) is 0 Å². The van der Waals surface area contributed by atoms with Crippen molar-refractivity contribution in [3.8, 4) is 6.19 Å². The summed E-state index contributed by atoms with van der Waals surface area (Å²) in [5.74, 6) is 0. The van der Waals surface area contributed by atoms with Gasteiger partial charge in [-0.25, -0.2) is 4.57 Å². The van der Waals surface area contributed by atoms with Gasteiger partial charge >= 0.3 is 0 Å². The molecule has 6 rings (SSSR count). The number of nitriles is 1. The van der Waals surface area contributed by atoms with E-state index in [4.69, 9.17) is 5.73 Å². The monoisotopic (exact) mass is 582 g/mol. The number of rotatable bonds is 6. The lowest BCUT2D eigenvalue weighted by atomic mass is 9.97. The summed E-state index contributed by atoms with van der Waals surface area (Å²) in [4.78, 5) is 2.21. The Morgan fingerprint density at radius 3 is 2.49 bits per heavy atom. The molecule has 0 saturated heterocycles. The molecule has 2 heterocycles. The van der Waals surface area contributed by atoms with Gasteiger partial charge in [-0.1, -0.05) is 104 Å². The standard InChI is InChI=1S/C41H34N4/c1-30-13-10-11-24-44(36-18-12-17-34(26-36)39(43)20-8-6-16-32-14-4-3-5-15-32)28-35(25-31(30)2)33-22-23-41-38(27-33)37-19-7-9-21-40(37)45(41)29-42/h3-15,17-27H,1-2,16,28,43H2/b8-6-,13-10-,24-11-,35-25+,39-20-. The normalized spacial score (nSPS) is 16.9. The van der Waals surface area contributed by atoms with Crippen molar-refractivity contribution in [3.05, 3.63) is 187 Å². The average molecular weight is 583 g/mol. The highest BCUT2D eigenvalue weighted by atomic mass is 15.1. The molecule has 0 spiro atoms. The Morgan fingerprint density at radius 2 is 1.64 bits per heavy atom. The molecule has 4 aromatic carbocycles. The van der Waals surface area contributed by atoms with Gasteiger partial charge in [0.05, 0.1) is 11.0 Å². The maximum absolute atomic E-state index is 9.90. The molecule has 1 aliphatic heterocycles. The van der Waals surface area contributed by atoms with Gasteiger partial charge in [-0.2, -0.15) is 5.26 Å². The maximum atomic E-state index is 9.90. The Balaban J connectivity index is 1.35. The van der Waals surface area contributed by atoms with Crippen LogP contribution in [-0.4, -0.2) is 11.1 Å². The third kappa shape index (κ3) is 6.34. The van der Waals surface area contributed by atoms with E-state index in [1.54, 1.807) is 4.57 Å². The number of para-hydroxylation sites is 1. The topological polar surface area (TPSA) is 58.0 Å². The van der Waals surface area contributed by atoms with Crippen LogP contribution in [0.4, 0.5) is 5.69 Å². The highest BCUT2D eigenvalue weighted by Crippen LogP contribution is 2.33. The van der Waals surface area contributed by atoms with Crippen LogP contribution in [0.3, 0.4) is 0 Å². The average Bonchev–Trinajstić information content (AvgIpc) is 3.40. The van der Waals surface area contributed by atoms with Crippen LogP contribution in [-0.2, 0) is 6.42 Å². The zero-order valence-corrected chi connectivity index (χ0v) is 25.1. The van der Waals surface area contributed by atoms with Crippen molar-refractivity contribution in [1.82, 2.24) is 4.57 Å². The molecule has 0 fully saturated rings. The number of nitrogens with zero attached hydrogens (tertiary/aromatic N) is 3. The predicted molar refractivity (Wildman–Crippen MR) is 190 cm³/mol. The SMILES string of the molecule is C=C1/C=C\C=C/N(c2cccc(/C(N)=C/C=C\Cc3ccccc3)c2)C/C(c2ccc3c(c2)c2ccccc2n3C#N)=C\C1=C. The lowest BCUT2D eigenvalue weighted by Gasteiger charge is -2.24. The first-order valence-corrected chi connectivity index (χ1v) is 14.9. The third-order valence-corrected chi connectivity index (χ3v) is 8.04. The van der Waals surface area contributed by atoms with E-state index in [1.807, 2.05) is 72.8 Å². The van der Waals surface area contributed by atoms with Crippen LogP contribution < -0.4 is 10.6 Å². The van der Waals surface area contributed by atoms with Gasteiger partial charge in [0.15, 0.2) is 6.19 Å². The Hall–Kier alpha value is -6.05. The molecule has 0 bridgehead atoms. The summed E-state index contributed by atoms with van der Waals surface area (Å²) in [7, 11) is 0. The van der Waals surface area contributed by atoms with Gasteiger partial charge in [-0.15, -0.1) is 0 Å². The van der Waals surface area contributed by atoms with Gasteiger partial charge in [0.25, 0.3) is 0 Å². The van der Waals surface area contributed by atoms with Crippen molar-refractivity contribution in [2.24, 2.45) is 5.73 Å². The lowest BCUT2D eigenvalue weighted by molar-refractivity contribution is 1.10. The lowest BCUT2D eigenvalue weighted by Crippen LogP contribution is -2.19. The van der Waals surface area contributed by atoms with E-state index < -0.39 is 0 Å². The smallest absolute Gasteiger partial charge is 0.189 e. The van der Waals surface area contributed by atoms with Crippen LogP contribution in [0.5, 0.6) is 0 Å². The molecule has 45 heavy (non-hydrogen) atoms. The number of aromatic nitrogens is 1. The molecule has 218 valence electrons. The van der Waals surface area contributed by atoms with Crippen molar-refractivity contribution >= 4 is 38.8 Å². The molecular formula is C41H34N4. The molecule has 5 aromatic rings. The minimum absolute atomic E-state index is 0.586. The van der Waals surface area contributed by atoms with Gasteiger partial charge in [0.1, 0.15) is 0 Å². The molecule has 0 aliphatic carbocycles. The second kappa shape index (κ2) is 13.1. The summed E-state index contributed by atoms with van der Waals surface area (Å²) in [6.07, 6.45) is 19.4. The summed E-state index contributed by atoms with van der Waals surface area (Å²) >= 11 is 0. The summed E-state index contributed by atoms with van der Waals surface area (Å²) in [6.45, 7) is 9.12. The summed E-state index contributed by atoms with van der Waals surface area (Å²) < 4.78 is 1.69. The Kier molecular flexibility index (Phi) is 8.44. The van der Waals surface area contributed by atoms with Crippen LogP contribution in [0.25, 0.3) is 33.1 Å². The first kappa shape index (κ1) is 29.0. The molecule has 4 nitrogen and oxygen atoms in total. The molecule has 2 N–H and O–H groups in total. The molecule has 0 amide bonds. The first-order valence-electron chi connectivity index (χ1n) is 14.9. The quantitative estimate of drug-likeness (QED) is 0.203. The van der Waals surface area contributed by atoms with Crippen molar-refractivity contribution in [3.63, 3.8) is 0 Å². The molecule has 0 unspecified atom stereocenters. The van der Waals surface area contributed by atoms with Crippen LogP contribution in [0.2, 0.25) is 0 Å². The number of fused-ring (bicyclic) bond motifs is 3.